The SMILES string of the molecule is Fc1cccc(CCNCc2cccc(Br)c2)c1. The Bertz CT molecular complexity index is 466. The van der Waals surface area contributed by atoms with Gasteiger partial charge in [-0.1, -0.05) is 40.2 Å². The molecule has 0 saturated carbocycles. The van der Waals surface area contributed by atoms with Crippen molar-refractivity contribution >= 4 is 15.9 Å². The van der Waals surface area contributed by atoms with Crippen molar-refractivity contribution in [1.82, 2.24) is 5.32 Å². The highest BCUT2D eigenvalue weighted by Crippen LogP contribution is 2.11. The Morgan fingerprint density at radius 1 is 1.00 bits per heavy atom. The lowest BCUT2D eigenvalue weighted by molar-refractivity contribution is 0.622. The molecule has 2 rings (SSSR count). The van der Waals surface area contributed by atoms with Crippen molar-refractivity contribution in [2.24, 2.45) is 0 Å². The molecule has 0 aliphatic rings. The third kappa shape index (κ3) is 4.24. The van der Waals surface area contributed by atoms with Gasteiger partial charge in [0.2, 0.25) is 0 Å². The lowest BCUT2D eigenvalue weighted by Crippen LogP contribution is -2.16. The summed E-state index contributed by atoms with van der Waals surface area (Å²) in [6, 6.07) is 15.0. The van der Waals surface area contributed by atoms with Crippen LogP contribution in [0.25, 0.3) is 0 Å². The first-order valence-electron chi connectivity index (χ1n) is 5.93. The third-order valence-electron chi connectivity index (χ3n) is 2.70. The molecule has 0 spiro atoms. The molecule has 0 bridgehead atoms. The highest BCUT2D eigenvalue weighted by molar-refractivity contribution is 9.10. The van der Waals surface area contributed by atoms with E-state index in [9.17, 15) is 4.39 Å². The summed E-state index contributed by atoms with van der Waals surface area (Å²) < 4.78 is 14.0. The van der Waals surface area contributed by atoms with Gasteiger partial charge in [-0.15, -0.1) is 0 Å². The van der Waals surface area contributed by atoms with E-state index in [4.69, 9.17) is 0 Å². The van der Waals surface area contributed by atoms with E-state index >= 15 is 0 Å². The van der Waals surface area contributed by atoms with Gasteiger partial charge in [-0.2, -0.15) is 0 Å². The normalized spacial score (nSPS) is 10.6. The summed E-state index contributed by atoms with van der Waals surface area (Å²) in [5, 5.41) is 3.35. The zero-order chi connectivity index (χ0) is 12.8. The van der Waals surface area contributed by atoms with Gasteiger partial charge in [0.05, 0.1) is 0 Å². The Hall–Kier alpha value is -1.19. The van der Waals surface area contributed by atoms with Crippen molar-refractivity contribution in [3.8, 4) is 0 Å². The van der Waals surface area contributed by atoms with Gasteiger partial charge in [-0.05, 0) is 48.4 Å². The maximum atomic E-state index is 13.0. The zero-order valence-electron chi connectivity index (χ0n) is 10.00. The number of rotatable bonds is 5. The van der Waals surface area contributed by atoms with Gasteiger partial charge in [0, 0.05) is 11.0 Å². The minimum absolute atomic E-state index is 0.167. The smallest absolute Gasteiger partial charge is 0.123 e. The van der Waals surface area contributed by atoms with Crippen LogP contribution in [0.1, 0.15) is 11.1 Å². The first kappa shape index (κ1) is 13.2. The summed E-state index contributed by atoms with van der Waals surface area (Å²) in [6.45, 7) is 1.67. The average molecular weight is 308 g/mol. The Balaban J connectivity index is 1.76. The molecular formula is C15H15BrFN. The van der Waals surface area contributed by atoms with Gasteiger partial charge in [0.1, 0.15) is 5.82 Å². The van der Waals surface area contributed by atoms with Crippen molar-refractivity contribution in [3.05, 3.63) is 69.9 Å². The molecule has 0 unspecified atom stereocenters. The topological polar surface area (TPSA) is 12.0 Å². The summed E-state index contributed by atoms with van der Waals surface area (Å²) >= 11 is 3.45. The summed E-state index contributed by atoms with van der Waals surface area (Å²) in [4.78, 5) is 0. The van der Waals surface area contributed by atoms with E-state index in [1.807, 2.05) is 18.2 Å². The van der Waals surface area contributed by atoms with Crippen LogP contribution in [-0.2, 0) is 13.0 Å². The van der Waals surface area contributed by atoms with Crippen molar-refractivity contribution in [1.29, 1.82) is 0 Å². The van der Waals surface area contributed by atoms with Crippen LogP contribution < -0.4 is 5.32 Å². The van der Waals surface area contributed by atoms with Crippen LogP contribution in [0.3, 0.4) is 0 Å². The molecule has 0 fully saturated rings. The molecule has 0 radical (unpaired) electrons. The molecule has 2 aromatic carbocycles. The minimum atomic E-state index is -0.167. The Labute approximate surface area is 115 Å². The van der Waals surface area contributed by atoms with E-state index < -0.39 is 0 Å². The second-order valence-electron chi connectivity index (χ2n) is 4.19. The molecule has 3 heteroatoms. The highest BCUT2D eigenvalue weighted by atomic mass is 79.9. The zero-order valence-corrected chi connectivity index (χ0v) is 11.6. The van der Waals surface area contributed by atoms with Crippen LogP contribution in [-0.4, -0.2) is 6.54 Å². The highest BCUT2D eigenvalue weighted by Gasteiger charge is 1.96. The minimum Gasteiger partial charge on any atom is -0.312 e. The maximum Gasteiger partial charge on any atom is 0.123 e. The predicted octanol–water partition coefficient (Wildman–Crippen LogP) is 3.92. The average Bonchev–Trinajstić information content (AvgIpc) is 2.35. The Morgan fingerprint density at radius 2 is 1.78 bits per heavy atom. The van der Waals surface area contributed by atoms with E-state index in [2.05, 4.69) is 33.4 Å². The fourth-order valence-corrected chi connectivity index (χ4v) is 2.25. The fourth-order valence-electron chi connectivity index (χ4n) is 1.80. The summed E-state index contributed by atoms with van der Waals surface area (Å²) in [7, 11) is 0. The molecule has 0 atom stereocenters. The molecule has 1 N–H and O–H groups in total. The molecule has 0 aliphatic heterocycles. The number of halogens is 2. The van der Waals surface area contributed by atoms with Crippen LogP contribution in [0.5, 0.6) is 0 Å². The van der Waals surface area contributed by atoms with E-state index in [0.29, 0.717) is 0 Å². The molecule has 0 saturated heterocycles. The number of nitrogens with one attached hydrogen (secondary N) is 1. The molecule has 0 amide bonds. The molecule has 0 heterocycles. The van der Waals surface area contributed by atoms with Gasteiger partial charge >= 0.3 is 0 Å². The van der Waals surface area contributed by atoms with E-state index in [1.165, 1.54) is 11.6 Å². The number of hydrogen-bond donors (Lipinski definition) is 1. The maximum absolute atomic E-state index is 13.0. The standard InChI is InChI=1S/C15H15BrFN/c16-14-5-1-4-13(9-14)11-18-8-7-12-3-2-6-15(17)10-12/h1-6,9-10,18H,7-8,11H2. The Morgan fingerprint density at radius 3 is 2.56 bits per heavy atom. The van der Waals surface area contributed by atoms with Gasteiger partial charge in [0.15, 0.2) is 0 Å². The summed E-state index contributed by atoms with van der Waals surface area (Å²) in [6.07, 6.45) is 0.839. The molecule has 1 nitrogen and oxygen atoms in total. The van der Waals surface area contributed by atoms with E-state index in [0.717, 1.165) is 29.5 Å². The fraction of sp³-hybridized carbons (Fsp3) is 0.200. The van der Waals surface area contributed by atoms with Crippen LogP contribution in [0.2, 0.25) is 0 Å². The third-order valence-corrected chi connectivity index (χ3v) is 3.19. The Kier molecular flexibility index (Phi) is 4.90. The second kappa shape index (κ2) is 6.66. The molecule has 18 heavy (non-hydrogen) atoms. The van der Waals surface area contributed by atoms with Crippen LogP contribution >= 0.6 is 15.9 Å². The van der Waals surface area contributed by atoms with Crippen LogP contribution in [0, 0.1) is 5.82 Å². The van der Waals surface area contributed by atoms with Gasteiger partial charge in [-0.3, -0.25) is 0 Å². The molecule has 0 aliphatic carbocycles. The second-order valence-corrected chi connectivity index (χ2v) is 5.10. The first-order chi connectivity index (χ1) is 8.74. The first-order valence-corrected chi connectivity index (χ1v) is 6.73. The predicted molar refractivity (Wildman–Crippen MR) is 76.0 cm³/mol. The molecule has 94 valence electrons. The van der Waals surface area contributed by atoms with E-state index in [-0.39, 0.29) is 5.82 Å². The lowest BCUT2D eigenvalue weighted by atomic mass is 10.1. The van der Waals surface area contributed by atoms with E-state index in [1.54, 1.807) is 12.1 Å². The largest absolute Gasteiger partial charge is 0.312 e. The van der Waals surface area contributed by atoms with Crippen molar-refractivity contribution in [3.63, 3.8) is 0 Å². The van der Waals surface area contributed by atoms with Crippen molar-refractivity contribution < 1.29 is 4.39 Å². The van der Waals surface area contributed by atoms with Gasteiger partial charge < -0.3 is 5.32 Å². The molecular weight excluding hydrogens is 293 g/mol. The summed E-state index contributed by atoms with van der Waals surface area (Å²) in [5.41, 5.74) is 2.26. The lowest BCUT2D eigenvalue weighted by Gasteiger charge is -2.05. The van der Waals surface area contributed by atoms with Crippen molar-refractivity contribution in [2.45, 2.75) is 13.0 Å². The number of hydrogen-bond acceptors (Lipinski definition) is 1. The molecule has 0 aromatic heterocycles. The van der Waals surface area contributed by atoms with Crippen molar-refractivity contribution in [2.75, 3.05) is 6.54 Å². The monoisotopic (exact) mass is 307 g/mol. The number of benzene rings is 2. The quantitative estimate of drug-likeness (QED) is 0.826. The summed E-state index contributed by atoms with van der Waals surface area (Å²) in [5.74, 6) is -0.167. The van der Waals surface area contributed by atoms with Crippen LogP contribution in [0.15, 0.2) is 53.0 Å². The van der Waals surface area contributed by atoms with Gasteiger partial charge in [-0.25, -0.2) is 4.39 Å². The van der Waals surface area contributed by atoms with Crippen LogP contribution in [0.4, 0.5) is 4.39 Å². The molecule has 2 aromatic rings. The van der Waals surface area contributed by atoms with Gasteiger partial charge in [0.25, 0.3) is 0 Å².